The zero-order valence-corrected chi connectivity index (χ0v) is 14.9. The van der Waals surface area contributed by atoms with Crippen molar-refractivity contribution in [1.29, 1.82) is 0 Å². The second kappa shape index (κ2) is 6.18. The summed E-state index contributed by atoms with van der Waals surface area (Å²) in [5, 5.41) is 0.767. The molecule has 5 nitrogen and oxygen atoms in total. The summed E-state index contributed by atoms with van der Waals surface area (Å²) in [4.78, 5) is 12.8. The van der Waals surface area contributed by atoms with E-state index in [9.17, 15) is 4.79 Å². The third kappa shape index (κ3) is 2.65. The van der Waals surface area contributed by atoms with Crippen molar-refractivity contribution >= 4 is 11.0 Å². The van der Waals surface area contributed by atoms with Crippen molar-refractivity contribution in [2.45, 2.75) is 25.0 Å². The molecule has 1 aromatic heterocycles. The van der Waals surface area contributed by atoms with Gasteiger partial charge in [-0.2, -0.15) is 0 Å². The molecule has 0 radical (unpaired) electrons. The number of fused-ring (bicyclic) bond motifs is 3. The second-order valence-corrected chi connectivity index (χ2v) is 6.60. The van der Waals surface area contributed by atoms with Crippen molar-refractivity contribution in [3.05, 3.63) is 70.1 Å². The van der Waals surface area contributed by atoms with Crippen LogP contribution in [-0.2, 0) is 4.74 Å². The van der Waals surface area contributed by atoms with Gasteiger partial charge in [0.15, 0.2) is 0 Å². The van der Waals surface area contributed by atoms with Gasteiger partial charge in [0.05, 0.1) is 18.1 Å². The van der Waals surface area contributed by atoms with E-state index in [0.717, 1.165) is 16.7 Å². The van der Waals surface area contributed by atoms with Gasteiger partial charge in [0.1, 0.15) is 17.1 Å². The van der Waals surface area contributed by atoms with Crippen molar-refractivity contribution in [3.63, 3.8) is 0 Å². The van der Waals surface area contributed by atoms with Gasteiger partial charge in [0.2, 0.25) is 5.79 Å². The molecule has 5 heteroatoms. The van der Waals surface area contributed by atoms with Crippen molar-refractivity contribution < 1.29 is 18.6 Å². The first kappa shape index (κ1) is 16.7. The molecule has 4 rings (SSSR count). The van der Waals surface area contributed by atoms with E-state index in [1.165, 1.54) is 0 Å². The van der Waals surface area contributed by atoms with Gasteiger partial charge in [0, 0.05) is 26.4 Å². The SMILES string of the molecule is COc1ccc(C2CC(C)(OC)Oc3c2c(=O)oc2ccccc32)cc1. The van der Waals surface area contributed by atoms with E-state index >= 15 is 0 Å². The predicted octanol–water partition coefficient (Wildman–Crippen LogP) is 4.08. The molecular weight excluding hydrogens is 332 g/mol. The first-order valence-electron chi connectivity index (χ1n) is 8.48. The molecule has 3 aromatic rings. The molecule has 0 saturated carbocycles. The smallest absolute Gasteiger partial charge is 0.343 e. The Bertz CT molecular complexity index is 1010. The molecule has 26 heavy (non-hydrogen) atoms. The summed E-state index contributed by atoms with van der Waals surface area (Å²) in [7, 11) is 3.24. The highest BCUT2D eigenvalue weighted by molar-refractivity contribution is 5.85. The van der Waals surface area contributed by atoms with Gasteiger partial charge >= 0.3 is 5.63 Å². The highest BCUT2D eigenvalue weighted by Crippen LogP contribution is 2.46. The average molecular weight is 352 g/mol. The Kier molecular flexibility index (Phi) is 3.96. The predicted molar refractivity (Wildman–Crippen MR) is 98.0 cm³/mol. The Morgan fingerprint density at radius 3 is 2.50 bits per heavy atom. The van der Waals surface area contributed by atoms with E-state index in [-0.39, 0.29) is 11.5 Å². The van der Waals surface area contributed by atoms with Gasteiger partial charge in [-0.1, -0.05) is 24.3 Å². The maximum atomic E-state index is 12.8. The quantitative estimate of drug-likeness (QED) is 0.665. The monoisotopic (exact) mass is 352 g/mol. The number of methoxy groups -OCH3 is 2. The fourth-order valence-corrected chi connectivity index (χ4v) is 3.52. The van der Waals surface area contributed by atoms with Gasteiger partial charge in [-0.05, 0) is 29.8 Å². The van der Waals surface area contributed by atoms with Crippen molar-refractivity contribution in [1.82, 2.24) is 0 Å². The van der Waals surface area contributed by atoms with Crippen LogP contribution in [0.15, 0.2) is 57.7 Å². The molecule has 2 atom stereocenters. The van der Waals surface area contributed by atoms with Crippen LogP contribution in [0.4, 0.5) is 0 Å². The van der Waals surface area contributed by atoms with Crippen LogP contribution < -0.4 is 15.1 Å². The number of benzene rings is 2. The highest BCUT2D eigenvalue weighted by atomic mass is 16.7. The standard InChI is InChI=1S/C21H20O5/c1-21(24-3)12-16(13-8-10-14(23-2)11-9-13)18-19(26-21)15-6-4-5-7-17(15)25-20(18)22/h4-11,16H,12H2,1-3H3. The maximum absolute atomic E-state index is 12.8. The van der Waals surface area contributed by atoms with Crippen LogP contribution >= 0.6 is 0 Å². The Labute approximate surface area is 151 Å². The van der Waals surface area contributed by atoms with E-state index < -0.39 is 5.79 Å². The van der Waals surface area contributed by atoms with Crippen LogP contribution in [0.5, 0.6) is 11.5 Å². The minimum absolute atomic E-state index is 0.199. The van der Waals surface area contributed by atoms with Crippen molar-refractivity contribution in [2.75, 3.05) is 14.2 Å². The summed E-state index contributed by atoms with van der Waals surface area (Å²) < 4.78 is 22.6. The van der Waals surface area contributed by atoms with Crippen molar-refractivity contribution in [2.24, 2.45) is 0 Å². The van der Waals surface area contributed by atoms with E-state index in [2.05, 4.69) is 0 Å². The number of ether oxygens (including phenoxy) is 3. The van der Waals surface area contributed by atoms with Crippen LogP contribution in [0.1, 0.15) is 30.4 Å². The molecule has 0 N–H and O–H groups in total. The molecule has 0 spiro atoms. The lowest BCUT2D eigenvalue weighted by atomic mass is 9.83. The minimum atomic E-state index is -0.839. The minimum Gasteiger partial charge on any atom is -0.497 e. The Morgan fingerprint density at radius 1 is 1.08 bits per heavy atom. The Morgan fingerprint density at radius 2 is 1.81 bits per heavy atom. The fraction of sp³-hybridized carbons (Fsp3) is 0.286. The summed E-state index contributed by atoms with van der Waals surface area (Å²) >= 11 is 0. The molecule has 0 saturated heterocycles. The zero-order chi connectivity index (χ0) is 18.3. The lowest BCUT2D eigenvalue weighted by Crippen LogP contribution is -2.41. The molecule has 2 aromatic carbocycles. The van der Waals surface area contributed by atoms with Crippen LogP contribution in [0, 0.1) is 0 Å². The lowest BCUT2D eigenvalue weighted by Gasteiger charge is -2.38. The van der Waals surface area contributed by atoms with Gasteiger partial charge in [-0.15, -0.1) is 0 Å². The highest BCUT2D eigenvalue weighted by Gasteiger charge is 2.41. The number of rotatable bonds is 3. The van der Waals surface area contributed by atoms with E-state index in [1.54, 1.807) is 20.3 Å². The van der Waals surface area contributed by atoms with Crippen LogP contribution in [-0.4, -0.2) is 20.0 Å². The molecule has 0 bridgehead atoms. The summed E-state index contributed by atoms with van der Waals surface area (Å²) in [6.07, 6.45) is 0.506. The number of para-hydroxylation sites is 1. The topological polar surface area (TPSA) is 57.9 Å². The fourth-order valence-electron chi connectivity index (χ4n) is 3.52. The van der Waals surface area contributed by atoms with Gasteiger partial charge in [-0.3, -0.25) is 0 Å². The van der Waals surface area contributed by atoms with Crippen molar-refractivity contribution in [3.8, 4) is 11.5 Å². The largest absolute Gasteiger partial charge is 0.497 e. The molecule has 1 aliphatic heterocycles. The molecule has 1 aliphatic rings. The lowest BCUT2D eigenvalue weighted by molar-refractivity contribution is -0.163. The zero-order valence-electron chi connectivity index (χ0n) is 14.9. The maximum Gasteiger partial charge on any atom is 0.343 e. The molecule has 0 fully saturated rings. The van der Waals surface area contributed by atoms with Gasteiger partial charge in [-0.25, -0.2) is 4.79 Å². The molecule has 2 heterocycles. The van der Waals surface area contributed by atoms with Crippen LogP contribution in [0.3, 0.4) is 0 Å². The van der Waals surface area contributed by atoms with Gasteiger partial charge < -0.3 is 18.6 Å². The molecule has 0 amide bonds. The number of hydrogen-bond acceptors (Lipinski definition) is 5. The van der Waals surface area contributed by atoms with E-state index in [0.29, 0.717) is 23.3 Å². The van der Waals surface area contributed by atoms with E-state index in [1.807, 2.05) is 49.4 Å². The molecule has 134 valence electrons. The average Bonchev–Trinajstić information content (AvgIpc) is 2.67. The third-order valence-electron chi connectivity index (χ3n) is 4.99. The molecule has 0 aliphatic carbocycles. The van der Waals surface area contributed by atoms with E-state index in [4.69, 9.17) is 18.6 Å². The first-order chi connectivity index (χ1) is 12.5. The normalized spacial score (nSPS) is 21.9. The molecular formula is C21H20O5. The third-order valence-corrected chi connectivity index (χ3v) is 4.99. The summed E-state index contributed by atoms with van der Waals surface area (Å²) in [6, 6.07) is 15.1. The summed E-state index contributed by atoms with van der Waals surface area (Å²) in [6.45, 7) is 1.88. The Hall–Kier alpha value is -2.79. The summed E-state index contributed by atoms with van der Waals surface area (Å²) in [5.74, 6) is 0.263. The molecule has 2 unspecified atom stereocenters. The van der Waals surface area contributed by atoms with Crippen LogP contribution in [0.25, 0.3) is 11.0 Å². The summed E-state index contributed by atoms with van der Waals surface area (Å²) in [5.41, 5.74) is 1.65. The van der Waals surface area contributed by atoms with Gasteiger partial charge in [0.25, 0.3) is 0 Å². The second-order valence-electron chi connectivity index (χ2n) is 6.60. The van der Waals surface area contributed by atoms with Crippen LogP contribution in [0.2, 0.25) is 0 Å². The first-order valence-corrected chi connectivity index (χ1v) is 8.48. The Balaban J connectivity index is 1.96. The number of hydrogen-bond donors (Lipinski definition) is 0.